The van der Waals surface area contributed by atoms with E-state index in [9.17, 15) is 0 Å². The largest absolute Gasteiger partial charge is 0.372 e. The van der Waals surface area contributed by atoms with Crippen molar-refractivity contribution >= 4 is 35.8 Å². The quantitative estimate of drug-likeness (QED) is 0.225. The highest BCUT2D eigenvalue weighted by Gasteiger charge is 2.22. The van der Waals surface area contributed by atoms with E-state index < -0.39 is 0 Å². The predicted molar refractivity (Wildman–Crippen MR) is 141 cm³/mol. The zero-order chi connectivity index (χ0) is 22.2. The van der Waals surface area contributed by atoms with Crippen LogP contribution < -0.4 is 15.5 Å². The van der Waals surface area contributed by atoms with E-state index in [0.717, 1.165) is 62.2 Å². The van der Waals surface area contributed by atoms with Gasteiger partial charge in [0, 0.05) is 44.6 Å². The van der Waals surface area contributed by atoms with E-state index in [1.54, 1.807) is 0 Å². The van der Waals surface area contributed by atoms with Crippen LogP contribution in [0.5, 0.6) is 0 Å². The third-order valence-electron chi connectivity index (χ3n) is 5.26. The Morgan fingerprint density at radius 2 is 1.94 bits per heavy atom. The molecule has 0 spiro atoms. The number of rotatable bonds is 8. The fourth-order valence-corrected chi connectivity index (χ4v) is 3.91. The van der Waals surface area contributed by atoms with E-state index in [0.29, 0.717) is 6.54 Å². The molecule has 3 heterocycles. The number of nitrogens with one attached hydrogen (secondary N) is 2. The van der Waals surface area contributed by atoms with Gasteiger partial charge in [0.05, 0.1) is 24.4 Å². The first-order valence-corrected chi connectivity index (χ1v) is 11.3. The maximum absolute atomic E-state index is 5.82. The molecule has 0 aliphatic carbocycles. The van der Waals surface area contributed by atoms with E-state index in [4.69, 9.17) is 9.73 Å². The standard InChI is InChI=1S/C23H37N7O.HI/c1-6-24-23(25-10-7-11-30-18(3)12-17(2)28-30)27-14-21-8-9-22(26-13-21)29-15-19(4)31-20(5)16-29;/h8-9,12-13,19-20H,6-7,10-11,14-16H2,1-5H3,(H2,24,25,27);1H. The molecule has 2 aromatic heterocycles. The molecule has 3 rings (SSSR count). The normalized spacial score (nSPS) is 18.9. The summed E-state index contributed by atoms with van der Waals surface area (Å²) in [7, 11) is 0. The molecule has 9 heteroatoms. The minimum Gasteiger partial charge on any atom is -0.372 e. The number of hydrogen-bond acceptors (Lipinski definition) is 5. The van der Waals surface area contributed by atoms with Crippen molar-refractivity contribution in [2.75, 3.05) is 31.1 Å². The lowest BCUT2D eigenvalue weighted by Crippen LogP contribution is -2.45. The third-order valence-corrected chi connectivity index (χ3v) is 5.26. The summed E-state index contributed by atoms with van der Waals surface area (Å²) in [6.07, 6.45) is 3.37. The van der Waals surface area contributed by atoms with Gasteiger partial charge in [0.25, 0.3) is 0 Å². The topological polar surface area (TPSA) is 79.6 Å². The minimum atomic E-state index is 0. The van der Waals surface area contributed by atoms with Crippen LogP contribution in [0.1, 0.15) is 44.1 Å². The van der Waals surface area contributed by atoms with Crippen LogP contribution in [0.15, 0.2) is 29.4 Å². The van der Waals surface area contributed by atoms with Crippen molar-refractivity contribution < 1.29 is 4.74 Å². The molecule has 0 bridgehead atoms. The fourth-order valence-electron chi connectivity index (χ4n) is 3.91. The van der Waals surface area contributed by atoms with Gasteiger partial charge in [-0.15, -0.1) is 24.0 Å². The van der Waals surface area contributed by atoms with Gasteiger partial charge in [-0.05, 0) is 58.7 Å². The molecule has 8 nitrogen and oxygen atoms in total. The maximum atomic E-state index is 5.82. The van der Waals surface area contributed by atoms with Gasteiger partial charge in [0.15, 0.2) is 5.96 Å². The number of guanidine groups is 1. The second-order valence-electron chi connectivity index (χ2n) is 8.31. The number of aliphatic imine (C=N–C) groups is 1. The second kappa shape index (κ2) is 13.0. The number of hydrogen-bond donors (Lipinski definition) is 2. The molecule has 2 unspecified atom stereocenters. The zero-order valence-electron chi connectivity index (χ0n) is 20.0. The molecular formula is C23H38IN7O. The van der Waals surface area contributed by atoms with E-state index in [-0.39, 0.29) is 36.2 Å². The Labute approximate surface area is 209 Å². The van der Waals surface area contributed by atoms with Crippen LogP contribution in [0.25, 0.3) is 0 Å². The Bertz CT molecular complexity index is 843. The zero-order valence-corrected chi connectivity index (χ0v) is 22.3. The van der Waals surface area contributed by atoms with Crippen LogP contribution in [0.3, 0.4) is 0 Å². The maximum Gasteiger partial charge on any atom is 0.191 e. The molecule has 2 aromatic rings. The highest BCUT2D eigenvalue weighted by atomic mass is 127. The average molecular weight is 556 g/mol. The number of aromatic nitrogens is 3. The smallest absolute Gasteiger partial charge is 0.191 e. The second-order valence-corrected chi connectivity index (χ2v) is 8.31. The van der Waals surface area contributed by atoms with Crippen LogP contribution in [0, 0.1) is 13.8 Å². The van der Waals surface area contributed by atoms with Crippen LogP contribution in [-0.2, 0) is 17.8 Å². The lowest BCUT2D eigenvalue weighted by Gasteiger charge is -2.36. The average Bonchev–Trinajstić information content (AvgIpc) is 3.06. The number of pyridine rings is 1. The van der Waals surface area contributed by atoms with Crippen LogP contribution in [0.2, 0.25) is 0 Å². The molecular weight excluding hydrogens is 517 g/mol. The van der Waals surface area contributed by atoms with E-state index in [1.165, 1.54) is 5.69 Å². The van der Waals surface area contributed by atoms with Gasteiger partial charge in [-0.2, -0.15) is 5.10 Å². The first kappa shape index (κ1) is 26.4. The Balaban J connectivity index is 0.00000363. The molecule has 178 valence electrons. The lowest BCUT2D eigenvalue weighted by molar-refractivity contribution is -0.00545. The van der Waals surface area contributed by atoms with Crippen molar-refractivity contribution in [3.8, 4) is 0 Å². The summed E-state index contributed by atoms with van der Waals surface area (Å²) in [4.78, 5) is 11.7. The summed E-state index contributed by atoms with van der Waals surface area (Å²) in [5.41, 5.74) is 3.37. The Morgan fingerprint density at radius 3 is 2.53 bits per heavy atom. The lowest BCUT2D eigenvalue weighted by atomic mass is 10.2. The molecule has 1 aliphatic rings. The van der Waals surface area contributed by atoms with Crippen molar-refractivity contribution in [3.05, 3.63) is 41.3 Å². The van der Waals surface area contributed by atoms with Crippen molar-refractivity contribution in [1.29, 1.82) is 0 Å². The van der Waals surface area contributed by atoms with Crippen molar-refractivity contribution in [2.24, 2.45) is 4.99 Å². The summed E-state index contributed by atoms with van der Waals surface area (Å²) < 4.78 is 7.88. The number of aryl methyl sites for hydroxylation is 3. The molecule has 0 radical (unpaired) electrons. The molecule has 1 fully saturated rings. The highest BCUT2D eigenvalue weighted by Crippen LogP contribution is 2.18. The Kier molecular flexibility index (Phi) is 10.7. The molecule has 0 saturated carbocycles. The van der Waals surface area contributed by atoms with Gasteiger partial charge in [0.1, 0.15) is 5.82 Å². The molecule has 0 aromatic carbocycles. The van der Waals surface area contributed by atoms with Crippen molar-refractivity contribution in [2.45, 2.75) is 66.3 Å². The van der Waals surface area contributed by atoms with Gasteiger partial charge in [0.2, 0.25) is 0 Å². The SMILES string of the molecule is CCNC(=NCc1ccc(N2CC(C)OC(C)C2)nc1)NCCCn1nc(C)cc1C.I. The number of morpholine rings is 1. The summed E-state index contributed by atoms with van der Waals surface area (Å²) in [5.74, 6) is 1.83. The van der Waals surface area contributed by atoms with Gasteiger partial charge in [-0.1, -0.05) is 6.07 Å². The van der Waals surface area contributed by atoms with E-state index in [2.05, 4.69) is 76.2 Å². The molecule has 2 N–H and O–H groups in total. The van der Waals surface area contributed by atoms with Crippen LogP contribution in [0.4, 0.5) is 5.82 Å². The van der Waals surface area contributed by atoms with E-state index >= 15 is 0 Å². The van der Waals surface area contributed by atoms with Gasteiger partial charge in [-0.3, -0.25) is 4.68 Å². The highest BCUT2D eigenvalue weighted by molar-refractivity contribution is 14.0. The monoisotopic (exact) mass is 555 g/mol. The molecule has 32 heavy (non-hydrogen) atoms. The summed E-state index contributed by atoms with van der Waals surface area (Å²) in [6.45, 7) is 15.3. The van der Waals surface area contributed by atoms with Crippen molar-refractivity contribution in [1.82, 2.24) is 25.4 Å². The first-order chi connectivity index (χ1) is 14.9. The molecule has 2 atom stereocenters. The number of anilines is 1. The number of nitrogens with zero attached hydrogens (tertiary/aromatic N) is 5. The summed E-state index contributed by atoms with van der Waals surface area (Å²) in [6, 6.07) is 6.31. The molecule has 0 amide bonds. The fraction of sp³-hybridized carbons (Fsp3) is 0.609. The number of ether oxygens (including phenoxy) is 1. The van der Waals surface area contributed by atoms with Gasteiger partial charge >= 0.3 is 0 Å². The van der Waals surface area contributed by atoms with Gasteiger partial charge < -0.3 is 20.3 Å². The van der Waals surface area contributed by atoms with Crippen LogP contribution >= 0.6 is 24.0 Å². The summed E-state index contributed by atoms with van der Waals surface area (Å²) in [5, 5.41) is 11.2. The van der Waals surface area contributed by atoms with Crippen molar-refractivity contribution in [3.63, 3.8) is 0 Å². The van der Waals surface area contributed by atoms with E-state index in [1.807, 2.05) is 13.1 Å². The first-order valence-electron chi connectivity index (χ1n) is 11.3. The van der Waals surface area contributed by atoms with Crippen LogP contribution in [-0.4, -0.2) is 59.1 Å². The number of halogens is 1. The molecule has 1 aliphatic heterocycles. The Morgan fingerprint density at radius 1 is 1.19 bits per heavy atom. The Hall–Kier alpha value is -1.88. The summed E-state index contributed by atoms with van der Waals surface area (Å²) >= 11 is 0. The molecule has 1 saturated heterocycles. The minimum absolute atomic E-state index is 0. The predicted octanol–water partition coefficient (Wildman–Crippen LogP) is 3.27. The van der Waals surface area contributed by atoms with Gasteiger partial charge in [-0.25, -0.2) is 9.98 Å². The third kappa shape index (κ3) is 7.91.